The van der Waals surface area contributed by atoms with Crippen LogP contribution in [-0.4, -0.2) is 0 Å². The van der Waals surface area contributed by atoms with Crippen molar-refractivity contribution in [3.8, 4) is 0 Å². The van der Waals surface area contributed by atoms with Gasteiger partial charge in [-0.2, -0.15) is 0 Å². The van der Waals surface area contributed by atoms with Gasteiger partial charge in [0.2, 0.25) is 0 Å². The molecule has 6 aromatic rings. The van der Waals surface area contributed by atoms with Gasteiger partial charge in [-0.25, -0.2) is 0 Å². The third-order valence-corrected chi connectivity index (χ3v) is 11.2. The molecule has 0 saturated carbocycles. The van der Waals surface area contributed by atoms with Crippen LogP contribution in [0.1, 0.15) is 5.56 Å². The van der Waals surface area contributed by atoms with Crippen molar-refractivity contribution in [3.63, 3.8) is 0 Å². The van der Waals surface area contributed by atoms with Gasteiger partial charge in [0.15, 0.2) is 0 Å². The normalized spacial score (nSPS) is 11.3. The van der Waals surface area contributed by atoms with Gasteiger partial charge in [-0.05, 0) is 64.0 Å². The first kappa shape index (κ1) is 23.5. The minimum atomic E-state index is -1.98. The van der Waals surface area contributed by atoms with Crippen molar-refractivity contribution in [2.45, 2.75) is 6.16 Å². The van der Waals surface area contributed by atoms with E-state index in [0.29, 0.717) is 0 Å². The first-order valence-corrected chi connectivity index (χ1v) is 13.8. The molecular formula is C33H26BrP. The third kappa shape index (κ3) is 4.20. The summed E-state index contributed by atoms with van der Waals surface area (Å²) in [5.74, 6) is 0. The average molecular weight is 533 g/mol. The zero-order chi connectivity index (χ0) is 22.8. The summed E-state index contributed by atoms with van der Waals surface area (Å²) in [6.45, 7) is 0. The molecule has 35 heavy (non-hydrogen) atoms. The lowest BCUT2D eigenvalue weighted by atomic mass is 9.98. The molecule has 0 aliphatic carbocycles. The molecule has 0 aliphatic rings. The summed E-state index contributed by atoms with van der Waals surface area (Å²) in [5.41, 5.74) is 1.44. The van der Waals surface area contributed by atoms with Crippen molar-refractivity contribution in [1.82, 2.24) is 0 Å². The summed E-state index contributed by atoms with van der Waals surface area (Å²) >= 11 is 0. The highest BCUT2D eigenvalue weighted by atomic mass is 79.9. The number of halogens is 1. The minimum absolute atomic E-state index is 0. The van der Waals surface area contributed by atoms with Crippen LogP contribution in [0.3, 0.4) is 0 Å². The van der Waals surface area contributed by atoms with Gasteiger partial charge in [-0.3, -0.25) is 0 Å². The second-order valence-corrected chi connectivity index (χ2v) is 12.3. The minimum Gasteiger partial charge on any atom is -1.00 e. The monoisotopic (exact) mass is 532 g/mol. The first-order valence-electron chi connectivity index (χ1n) is 11.8. The highest BCUT2D eigenvalue weighted by Crippen LogP contribution is 2.59. The van der Waals surface area contributed by atoms with Gasteiger partial charge in [-0.15, -0.1) is 0 Å². The standard InChI is InChI=1S/C33H26P.BrH/c1-4-16-28(17-5-1)34(29-18-6-2-7-19-29,30-20-8-3-9-21-30)25-33-31-22-12-10-14-26(31)24-27-15-11-13-23-32(27)33;/h1-24H,25H2;1H/q+1;/p-1. The Morgan fingerprint density at radius 2 is 0.743 bits per heavy atom. The van der Waals surface area contributed by atoms with Crippen molar-refractivity contribution in [3.05, 3.63) is 151 Å². The van der Waals surface area contributed by atoms with E-state index in [1.165, 1.54) is 43.0 Å². The van der Waals surface area contributed by atoms with Gasteiger partial charge >= 0.3 is 0 Å². The average Bonchev–Trinajstić information content (AvgIpc) is 2.93. The SMILES string of the molecule is [Br-].c1ccc([P+](Cc2c3ccccc3cc3ccccc23)(c2ccccc2)c2ccccc2)cc1. The van der Waals surface area contributed by atoms with E-state index in [2.05, 4.69) is 146 Å². The molecule has 0 atom stereocenters. The molecule has 0 heterocycles. The van der Waals surface area contributed by atoms with Gasteiger partial charge in [0.25, 0.3) is 0 Å². The van der Waals surface area contributed by atoms with E-state index in [-0.39, 0.29) is 17.0 Å². The maximum Gasteiger partial charge on any atom is 0.116 e. The van der Waals surface area contributed by atoms with E-state index in [1.807, 2.05) is 0 Å². The molecule has 0 spiro atoms. The van der Waals surface area contributed by atoms with E-state index in [1.54, 1.807) is 0 Å². The smallest absolute Gasteiger partial charge is 0.116 e. The molecular weight excluding hydrogens is 507 g/mol. The van der Waals surface area contributed by atoms with Crippen molar-refractivity contribution in [2.75, 3.05) is 0 Å². The van der Waals surface area contributed by atoms with Gasteiger partial charge in [-0.1, -0.05) is 103 Å². The fourth-order valence-electron chi connectivity index (χ4n) is 5.28. The Balaban J connectivity index is 0.00000253. The number of hydrogen-bond donors (Lipinski definition) is 0. The summed E-state index contributed by atoms with van der Waals surface area (Å²) < 4.78 is 0. The van der Waals surface area contributed by atoms with E-state index in [9.17, 15) is 0 Å². The molecule has 0 fully saturated rings. The lowest BCUT2D eigenvalue weighted by Gasteiger charge is -2.29. The highest BCUT2D eigenvalue weighted by Gasteiger charge is 2.46. The molecule has 0 aromatic heterocycles. The number of fused-ring (bicyclic) bond motifs is 2. The fourth-order valence-corrected chi connectivity index (χ4v) is 9.58. The van der Waals surface area contributed by atoms with E-state index in [4.69, 9.17) is 0 Å². The zero-order valence-corrected chi connectivity index (χ0v) is 21.9. The molecule has 0 aliphatic heterocycles. The van der Waals surface area contributed by atoms with Crippen LogP contribution in [0.2, 0.25) is 0 Å². The van der Waals surface area contributed by atoms with Gasteiger partial charge in [0.05, 0.1) is 6.16 Å². The third-order valence-electron chi connectivity index (χ3n) is 6.87. The van der Waals surface area contributed by atoms with Crippen LogP contribution in [0.15, 0.2) is 146 Å². The van der Waals surface area contributed by atoms with Crippen LogP contribution >= 0.6 is 7.26 Å². The van der Waals surface area contributed by atoms with Crippen molar-refractivity contribution < 1.29 is 17.0 Å². The van der Waals surface area contributed by atoms with Crippen molar-refractivity contribution in [1.29, 1.82) is 0 Å². The Hall–Kier alpha value is -3.25. The van der Waals surface area contributed by atoms with Crippen LogP contribution < -0.4 is 32.9 Å². The predicted octanol–water partition coefficient (Wildman–Crippen LogP) is 4.49. The summed E-state index contributed by atoms with van der Waals surface area (Å²) in [7, 11) is -1.98. The van der Waals surface area contributed by atoms with Gasteiger partial charge in [0, 0.05) is 5.56 Å². The van der Waals surface area contributed by atoms with Crippen LogP contribution in [0.4, 0.5) is 0 Å². The molecule has 0 nitrogen and oxygen atoms in total. The van der Waals surface area contributed by atoms with Gasteiger partial charge in [0.1, 0.15) is 23.2 Å². The second-order valence-electron chi connectivity index (χ2n) is 8.77. The first-order chi connectivity index (χ1) is 16.9. The van der Waals surface area contributed by atoms with E-state index < -0.39 is 7.26 Å². The predicted molar refractivity (Wildman–Crippen MR) is 150 cm³/mol. The molecule has 6 aromatic carbocycles. The Morgan fingerprint density at radius 1 is 0.400 bits per heavy atom. The van der Waals surface area contributed by atoms with Gasteiger partial charge < -0.3 is 17.0 Å². The van der Waals surface area contributed by atoms with Crippen LogP contribution in [0, 0.1) is 0 Å². The zero-order valence-electron chi connectivity index (χ0n) is 19.4. The molecule has 0 bridgehead atoms. The Kier molecular flexibility index (Phi) is 6.82. The van der Waals surface area contributed by atoms with Crippen LogP contribution in [-0.2, 0) is 6.16 Å². The topological polar surface area (TPSA) is 0 Å². The molecule has 0 amide bonds. The number of benzene rings is 6. The Morgan fingerprint density at radius 3 is 1.14 bits per heavy atom. The largest absolute Gasteiger partial charge is 1.00 e. The highest BCUT2D eigenvalue weighted by molar-refractivity contribution is 7.95. The lowest BCUT2D eigenvalue weighted by molar-refractivity contribution is -0.00000641. The molecule has 0 radical (unpaired) electrons. The molecule has 170 valence electrons. The Bertz CT molecular complexity index is 1410. The van der Waals surface area contributed by atoms with E-state index >= 15 is 0 Å². The Labute approximate surface area is 218 Å². The van der Waals surface area contributed by atoms with Crippen LogP contribution in [0.5, 0.6) is 0 Å². The summed E-state index contributed by atoms with van der Waals surface area (Å²) in [5, 5.41) is 9.59. The lowest BCUT2D eigenvalue weighted by Crippen LogP contribution is -3.00. The maximum absolute atomic E-state index is 2.34. The molecule has 0 unspecified atom stereocenters. The van der Waals surface area contributed by atoms with Crippen molar-refractivity contribution >= 4 is 44.7 Å². The van der Waals surface area contributed by atoms with Crippen LogP contribution in [0.25, 0.3) is 21.5 Å². The molecule has 0 saturated heterocycles. The summed E-state index contributed by atoms with van der Waals surface area (Å²) in [6.07, 6.45) is 0.979. The number of rotatable bonds is 5. The second kappa shape index (κ2) is 10.2. The number of hydrogen-bond acceptors (Lipinski definition) is 0. The summed E-state index contributed by atoms with van der Waals surface area (Å²) in [4.78, 5) is 0. The molecule has 0 N–H and O–H groups in total. The van der Waals surface area contributed by atoms with E-state index in [0.717, 1.165) is 6.16 Å². The maximum atomic E-state index is 2.34. The quantitative estimate of drug-likeness (QED) is 0.226. The molecule has 6 rings (SSSR count). The fraction of sp³-hybridized carbons (Fsp3) is 0.0303. The van der Waals surface area contributed by atoms with Crippen molar-refractivity contribution in [2.24, 2.45) is 0 Å². The molecule has 2 heteroatoms. The summed E-state index contributed by atoms with van der Waals surface area (Å²) in [6, 6.07) is 53.6.